The van der Waals surface area contributed by atoms with Crippen molar-refractivity contribution >= 4 is 16.8 Å². The Bertz CT molecular complexity index is 954. The molecule has 1 aromatic heterocycles. The van der Waals surface area contributed by atoms with Gasteiger partial charge in [-0.1, -0.05) is 18.2 Å². The van der Waals surface area contributed by atoms with Crippen molar-refractivity contribution < 1.29 is 9.53 Å². The highest BCUT2D eigenvalue weighted by molar-refractivity contribution is 6.16. The maximum atomic E-state index is 12.9. The van der Waals surface area contributed by atoms with Crippen molar-refractivity contribution in [1.82, 2.24) is 9.47 Å². The molecular weight excluding hydrogens is 300 g/mol. The lowest BCUT2D eigenvalue weighted by molar-refractivity contribution is 0.0973. The van der Waals surface area contributed by atoms with Gasteiger partial charge in [0.05, 0.1) is 18.3 Å². The highest BCUT2D eigenvalue weighted by Gasteiger charge is 2.31. The first-order chi connectivity index (χ1) is 11.6. The van der Waals surface area contributed by atoms with Crippen molar-refractivity contribution in [2.45, 2.75) is 6.42 Å². The van der Waals surface area contributed by atoms with Crippen LogP contribution in [-0.4, -0.2) is 43.1 Å². The first kappa shape index (κ1) is 15.0. The largest absolute Gasteiger partial charge is 0.497 e. The number of likely N-dealkylation sites (N-methyl/N-ethyl adjacent to an activating group) is 1. The normalized spacial score (nSPS) is 12.8. The standard InChI is InChI=1S/C20H20N2O2/c1-21(2)11-10-15-17-12-13(24-3)8-9-18(17)22-19(15)14-6-4-5-7-16(14)20(22)23/h4-9,12H,10-11H2,1-3H3. The van der Waals surface area contributed by atoms with Gasteiger partial charge in [0.2, 0.25) is 0 Å². The molecule has 24 heavy (non-hydrogen) atoms. The quantitative estimate of drug-likeness (QED) is 0.578. The molecule has 3 aromatic rings. The number of hydrogen-bond donors (Lipinski definition) is 0. The van der Waals surface area contributed by atoms with Crippen molar-refractivity contribution in [3.63, 3.8) is 0 Å². The fourth-order valence-corrected chi connectivity index (χ4v) is 3.54. The molecule has 4 heteroatoms. The number of ether oxygens (including phenoxy) is 1. The molecule has 0 unspecified atom stereocenters. The van der Waals surface area contributed by atoms with Crippen LogP contribution in [0.1, 0.15) is 15.9 Å². The van der Waals surface area contributed by atoms with Gasteiger partial charge < -0.3 is 9.64 Å². The van der Waals surface area contributed by atoms with Crippen molar-refractivity contribution in [3.8, 4) is 17.0 Å². The number of hydrogen-bond acceptors (Lipinski definition) is 3. The minimum atomic E-state index is 0.0619. The molecule has 0 saturated carbocycles. The summed E-state index contributed by atoms with van der Waals surface area (Å²) in [6.07, 6.45) is 0.889. The molecule has 2 aromatic carbocycles. The van der Waals surface area contributed by atoms with Gasteiger partial charge in [0.15, 0.2) is 0 Å². The summed E-state index contributed by atoms with van der Waals surface area (Å²) in [6.45, 7) is 0.930. The highest BCUT2D eigenvalue weighted by Crippen LogP contribution is 2.42. The van der Waals surface area contributed by atoms with Crippen LogP contribution < -0.4 is 4.74 Å². The van der Waals surface area contributed by atoms with E-state index >= 15 is 0 Å². The summed E-state index contributed by atoms with van der Waals surface area (Å²) in [7, 11) is 5.81. The van der Waals surface area contributed by atoms with Crippen LogP contribution in [0.15, 0.2) is 42.5 Å². The molecule has 0 N–H and O–H groups in total. The summed E-state index contributed by atoms with van der Waals surface area (Å²) in [5, 5.41) is 1.11. The fraction of sp³-hybridized carbons (Fsp3) is 0.250. The van der Waals surface area contributed by atoms with Crippen LogP contribution in [0.4, 0.5) is 0 Å². The van der Waals surface area contributed by atoms with Crippen LogP contribution in [-0.2, 0) is 6.42 Å². The predicted octanol–water partition coefficient (Wildman–Crippen LogP) is 3.42. The maximum Gasteiger partial charge on any atom is 0.263 e. The van der Waals surface area contributed by atoms with Crippen molar-refractivity contribution in [2.24, 2.45) is 0 Å². The number of aromatic nitrogens is 1. The molecule has 2 heterocycles. The van der Waals surface area contributed by atoms with Gasteiger partial charge in [-0.15, -0.1) is 0 Å². The minimum Gasteiger partial charge on any atom is -0.497 e. The summed E-state index contributed by atoms with van der Waals surface area (Å²) < 4.78 is 7.26. The Hall–Kier alpha value is -2.59. The number of rotatable bonds is 4. The Labute approximate surface area is 141 Å². The van der Waals surface area contributed by atoms with E-state index in [9.17, 15) is 4.79 Å². The van der Waals surface area contributed by atoms with E-state index in [1.54, 1.807) is 7.11 Å². The van der Waals surface area contributed by atoms with E-state index in [0.29, 0.717) is 0 Å². The summed E-state index contributed by atoms with van der Waals surface area (Å²) >= 11 is 0. The molecule has 0 spiro atoms. The first-order valence-corrected chi connectivity index (χ1v) is 8.12. The third-order valence-corrected chi connectivity index (χ3v) is 4.70. The Kier molecular flexibility index (Phi) is 3.43. The topological polar surface area (TPSA) is 34.5 Å². The van der Waals surface area contributed by atoms with Crippen LogP contribution in [0.25, 0.3) is 22.2 Å². The van der Waals surface area contributed by atoms with Gasteiger partial charge in [-0.05, 0) is 50.3 Å². The minimum absolute atomic E-state index is 0.0619. The third kappa shape index (κ3) is 2.07. The lowest BCUT2D eigenvalue weighted by atomic mass is 10.00. The number of benzene rings is 2. The average Bonchev–Trinajstić information content (AvgIpc) is 3.06. The van der Waals surface area contributed by atoms with Crippen molar-refractivity contribution in [1.29, 1.82) is 0 Å². The van der Waals surface area contributed by atoms with Gasteiger partial charge in [-0.25, -0.2) is 0 Å². The van der Waals surface area contributed by atoms with Gasteiger partial charge >= 0.3 is 0 Å². The zero-order valence-electron chi connectivity index (χ0n) is 14.2. The number of carbonyl (C=O) groups is 1. The second-order valence-electron chi connectivity index (χ2n) is 6.45. The first-order valence-electron chi connectivity index (χ1n) is 8.12. The van der Waals surface area contributed by atoms with Gasteiger partial charge in [0.1, 0.15) is 5.75 Å². The predicted molar refractivity (Wildman–Crippen MR) is 95.9 cm³/mol. The monoisotopic (exact) mass is 320 g/mol. The van der Waals surface area contributed by atoms with Gasteiger partial charge in [-0.2, -0.15) is 0 Å². The third-order valence-electron chi connectivity index (χ3n) is 4.70. The van der Waals surface area contributed by atoms with Gasteiger partial charge in [0.25, 0.3) is 5.91 Å². The maximum absolute atomic E-state index is 12.9. The molecule has 1 aliphatic rings. The Morgan fingerprint density at radius 2 is 1.83 bits per heavy atom. The SMILES string of the molecule is COc1ccc2c(c1)c(CCN(C)C)c1n2C(=O)c2ccccc2-1. The van der Waals surface area contributed by atoms with Crippen LogP contribution in [0, 0.1) is 0 Å². The molecule has 0 radical (unpaired) electrons. The highest BCUT2D eigenvalue weighted by atomic mass is 16.5. The molecule has 0 atom stereocenters. The van der Waals surface area contributed by atoms with Crippen molar-refractivity contribution in [3.05, 3.63) is 53.6 Å². The fourth-order valence-electron chi connectivity index (χ4n) is 3.54. The molecule has 1 aliphatic heterocycles. The van der Waals surface area contributed by atoms with E-state index in [1.807, 2.05) is 47.0 Å². The number of methoxy groups -OCH3 is 1. The summed E-state index contributed by atoms with van der Waals surface area (Å²) in [5.74, 6) is 0.880. The van der Waals surface area contributed by atoms with E-state index in [0.717, 1.165) is 46.4 Å². The smallest absolute Gasteiger partial charge is 0.263 e. The summed E-state index contributed by atoms with van der Waals surface area (Å²) in [6, 6.07) is 13.8. The molecule has 4 rings (SSSR count). The second kappa shape index (κ2) is 5.49. The molecule has 0 bridgehead atoms. The van der Waals surface area contributed by atoms with E-state index in [2.05, 4.69) is 19.0 Å². The molecule has 0 aliphatic carbocycles. The number of nitrogens with zero attached hydrogens (tertiary/aromatic N) is 2. The summed E-state index contributed by atoms with van der Waals surface area (Å²) in [5.41, 5.74) is 5.04. The van der Waals surface area contributed by atoms with Crippen molar-refractivity contribution in [2.75, 3.05) is 27.7 Å². The van der Waals surface area contributed by atoms with Crippen LogP contribution in [0.2, 0.25) is 0 Å². The Morgan fingerprint density at radius 1 is 1.08 bits per heavy atom. The lowest BCUT2D eigenvalue weighted by Crippen LogP contribution is -2.15. The van der Waals surface area contributed by atoms with E-state index in [4.69, 9.17) is 4.74 Å². The van der Waals surface area contributed by atoms with Crippen LogP contribution in [0.5, 0.6) is 5.75 Å². The molecule has 4 nitrogen and oxygen atoms in total. The van der Waals surface area contributed by atoms with Crippen LogP contribution in [0.3, 0.4) is 0 Å². The van der Waals surface area contributed by atoms with E-state index < -0.39 is 0 Å². The molecule has 122 valence electrons. The molecule has 0 saturated heterocycles. The van der Waals surface area contributed by atoms with Gasteiger partial charge in [-0.3, -0.25) is 9.36 Å². The second-order valence-corrected chi connectivity index (χ2v) is 6.45. The Morgan fingerprint density at radius 3 is 2.54 bits per heavy atom. The van der Waals surface area contributed by atoms with Gasteiger partial charge in [0, 0.05) is 23.1 Å². The molecule has 0 amide bonds. The van der Waals surface area contributed by atoms with E-state index in [-0.39, 0.29) is 5.91 Å². The lowest BCUT2D eigenvalue weighted by Gasteiger charge is -2.10. The summed E-state index contributed by atoms with van der Waals surface area (Å²) in [4.78, 5) is 15.1. The molecular formula is C20H20N2O2. The number of fused-ring (bicyclic) bond motifs is 5. The van der Waals surface area contributed by atoms with Crippen LogP contribution >= 0.6 is 0 Å². The average molecular weight is 320 g/mol. The number of carbonyl (C=O) groups excluding carboxylic acids is 1. The molecule has 0 fully saturated rings. The van der Waals surface area contributed by atoms with E-state index in [1.165, 1.54) is 5.56 Å². The Balaban J connectivity index is 2.02. The zero-order valence-corrected chi connectivity index (χ0v) is 14.2. The zero-order chi connectivity index (χ0) is 16.8.